The molecule has 1 fully saturated rings. The van der Waals surface area contributed by atoms with Gasteiger partial charge in [0.1, 0.15) is 16.6 Å². The van der Waals surface area contributed by atoms with Gasteiger partial charge in [0.05, 0.1) is 0 Å². The molecule has 4 nitrogen and oxygen atoms in total. The minimum Gasteiger partial charge on any atom is -0.384 e. The van der Waals surface area contributed by atoms with Gasteiger partial charge < -0.3 is 5.11 Å². The van der Waals surface area contributed by atoms with E-state index in [9.17, 15) is 18.3 Å². The molecule has 1 N–H and O–H groups in total. The number of aryl methyl sites for hydroxylation is 4. The lowest BCUT2D eigenvalue weighted by Gasteiger charge is -2.16. The summed E-state index contributed by atoms with van der Waals surface area (Å²) in [5, 5.41) is 7.91. The number of aliphatic hydroxyl groups excluding tert-OH is 1. The number of hydrogen-bond acceptors (Lipinski definition) is 4. The Kier molecular flexibility index (Phi) is 4.33. The summed E-state index contributed by atoms with van der Waals surface area (Å²) >= 11 is 0. The van der Waals surface area contributed by atoms with Crippen molar-refractivity contribution in [3.05, 3.63) is 69.8 Å². The Bertz CT molecular complexity index is 960. The molecule has 1 heterocycles. The van der Waals surface area contributed by atoms with Crippen molar-refractivity contribution in [3.8, 4) is 0 Å². The van der Waals surface area contributed by atoms with Gasteiger partial charge in [-0.2, -0.15) is 0 Å². The van der Waals surface area contributed by atoms with Crippen LogP contribution in [0.15, 0.2) is 36.4 Å². The summed E-state index contributed by atoms with van der Waals surface area (Å²) in [7, 11) is -3.89. The van der Waals surface area contributed by atoms with Gasteiger partial charge in [-0.05, 0) is 61.1 Å². The molecule has 25 heavy (non-hydrogen) atoms. The molecule has 0 unspecified atom stereocenters. The number of hydrogen-bond donors (Lipinski definition) is 1. The minimum atomic E-state index is -3.89. The van der Waals surface area contributed by atoms with E-state index in [1.165, 1.54) is 0 Å². The molecule has 1 saturated heterocycles. The fraction of sp³-hybridized carbons (Fsp3) is 0.350. The molecule has 0 aliphatic carbocycles. The molecular formula is C20H22O4S. The molecular weight excluding hydrogens is 336 g/mol. The highest BCUT2D eigenvalue weighted by Crippen LogP contribution is 2.45. The van der Waals surface area contributed by atoms with E-state index in [-0.39, 0.29) is 0 Å². The van der Waals surface area contributed by atoms with E-state index in [2.05, 4.69) is 0 Å². The Morgan fingerprint density at radius 1 is 0.800 bits per heavy atom. The third-order valence-electron chi connectivity index (χ3n) is 5.21. The average Bonchev–Trinajstić information content (AvgIpc) is 2.71. The van der Waals surface area contributed by atoms with Crippen LogP contribution in [0.3, 0.4) is 0 Å². The lowest BCUT2D eigenvalue weighted by atomic mass is 9.96. The van der Waals surface area contributed by atoms with Crippen molar-refractivity contribution >= 4 is 15.6 Å². The van der Waals surface area contributed by atoms with E-state index >= 15 is 0 Å². The number of carbonyl (C=O) groups excluding carboxylic acids is 1. The maximum atomic E-state index is 13.1. The van der Waals surface area contributed by atoms with E-state index in [0.717, 1.165) is 22.3 Å². The van der Waals surface area contributed by atoms with Crippen molar-refractivity contribution in [2.24, 2.45) is 0 Å². The average molecular weight is 358 g/mol. The second kappa shape index (κ2) is 6.07. The monoisotopic (exact) mass is 358 g/mol. The van der Waals surface area contributed by atoms with E-state index in [4.69, 9.17) is 0 Å². The highest BCUT2D eigenvalue weighted by atomic mass is 32.2. The minimum absolute atomic E-state index is 0.429. The Hall–Kier alpha value is -1.98. The van der Waals surface area contributed by atoms with Gasteiger partial charge in [-0.25, -0.2) is 8.42 Å². The van der Waals surface area contributed by atoms with Gasteiger partial charge in [-0.15, -0.1) is 0 Å². The second-order valence-electron chi connectivity index (χ2n) is 6.92. The molecule has 0 spiro atoms. The zero-order chi connectivity index (χ0) is 18.5. The van der Waals surface area contributed by atoms with Gasteiger partial charge in [0, 0.05) is 0 Å². The highest BCUT2D eigenvalue weighted by molar-refractivity contribution is 7.93. The molecule has 0 aromatic heterocycles. The summed E-state index contributed by atoms with van der Waals surface area (Å²) in [6, 6.07) is 10.5. The third kappa shape index (κ3) is 2.81. The van der Waals surface area contributed by atoms with Gasteiger partial charge >= 0.3 is 0 Å². The first kappa shape index (κ1) is 17.8. The Labute approximate surface area is 148 Å². The van der Waals surface area contributed by atoms with Crippen molar-refractivity contribution in [2.75, 3.05) is 0 Å². The molecule has 1 aliphatic heterocycles. The zero-order valence-corrected chi connectivity index (χ0v) is 15.6. The van der Waals surface area contributed by atoms with Crippen LogP contribution >= 0.6 is 0 Å². The molecule has 0 saturated carbocycles. The summed E-state index contributed by atoms with van der Waals surface area (Å²) in [6.07, 6.45) is -1.54. The summed E-state index contributed by atoms with van der Waals surface area (Å²) in [5.74, 6) is -0.647. The van der Waals surface area contributed by atoms with Crippen molar-refractivity contribution in [1.82, 2.24) is 0 Å². The molecule has 1 aliphatic rings. The van der Waals surface area contributed by atoms with Crippen LogP contribution in [0.2, 0.25) is 0 Å². The van der Waals surface area contributed by atoms with Crippen LogP contribution in [0.25, 0.3) is 0 Å². The maximum absolute atomic E-state index is 13.1. The van der Waals surface area contributed by atoms with Crippen LogP contribution in [-0.2, 0) is 14.6 Å². The highest BCUT2D eigenvalue weighted by Gasteiger charge is 2.55. The van der Waals surface area contributed by atoms with Gasteiger partial charge in [0.15, 0.2) is 15.6 Å². The molecule has 3 rings (SSSR count). The molecule has 2 aromatic carbocycles. The number of Topliss-reactive ketones (excluding diaryl/α,β-unsaturated/α-hetero) is 1. The van der Waals surface area contributed by atoms with Crippen LogP contribution in [-0.4, -0.2) is 25.4 Å². The summed E-state index contributed by atoms with van der Waals surface area (Å²) < 4.78 is 26.3. The predicted molar refractivity (Wildman–Crippen MR) is 97.2 cm³/mol. The van der Waals surface area contributed by atoms with Crippen molar-refractivity contribution < 1.29 is 18.3 Å². The first-order valence-electron chi connectivity index (χ1n) is 8.23. The number of sulfone groups is 1. The molecule has 5 heteroatoms. The number of aliphatic hydroxyl groups is 1. The van der Waals surface area contributed by atoms with Gasteiger partial charge in [0.2, 0.25) is 0 Å². The van der Waals surface area contributed by atoms with E-state index < -0.39 is 32.2 Å². The number of rotatable bonds is 2. The van der Waals surface area contributed by atoms with Gasteiger partial charge in [-0.1, -0.05) is 36.4 Å². The summed E-state index contributed by atoms with van der Waals surface area (Å²) in [5.41, 5.74) is 4.81. The van der Waals surface area contributed by atoms with Crippen molar-refractivity contribution in [1.29, 1.82) is 0 Å². The molecule has 3 atom stereocenters. The molecule has 0 amide bonds. The fourth-order valence-electron chi connectivity index (χ4n) is 3.39. The third-order valence-corrected chi connectivity index (χ3v) is 7.61. The molecule has 0 radical (unpaired) electrons. The maximum Gasteiger partial charge on any atom is 0.185 e. The second-order valence-corrected chi connectivity index (χ2v) is 9.08. The largest absolute Gasteiger partial charge is 0.384 e. The summed E-state index contributed by atoms with van der Waals surface area (Å²) in [4.78, 5) is 12.6. The van der Waals surface area contributed by atoms with Crippen LogP contribution in [0.4, 0.5) is 0 Å². The Balaban J connectivity index is 2.13. The van der Waals surface area contributed by atoms with E-state index in [1.54, 1.807) is 24.3 Å². The smallest absolute Gasteiger partial charge is 0.185 e. The number of benzene rings is 2. The zero-order valence-electron chi connectivity index (χ0n) is 14.8. The van der Waals surface area contributed by atoms with Crippen molar-refractivity contribution in [3.63, 3.8) is 0 Å². The predicted octanol–water partition coefficient (Wildman–Crippen LogP) is 3.06. The molecule has 132 valence electrons. The topological polar surface area (TPSA) is 71.4 Å². The van der Waals surface area contributed by atoms with Crippen LogP contribution < -0.4 is 0 Å². The van der Waals surface area contributed by atoms with E-state index in [0.29, 0.717) is 11.1 Å². The number of ketones is 1. The van der Waals surface area contributed by atoms with Crippen LogP contribution in [0.1, 0.15) is 43.9 Å². The number of carbonyl (C=O) groups is 1. The standard InChI is InChI=1S/C20H22O4S/c1-11-5-7-15(9-13(11)3)19-17(21)18(22)20(25(19,23)24)16-8-6-12(2)14(4)10-16/h5-10,17,19-21H,1-4H3/t17-,19+,20-/m1/s1. The lowest BCUT2D eigenvalue weighted by molar-refractivity contribution is -0.125. The molecule has 0 bridgehead atoms. The van der Waals surface area contributed by atoms with E-state index in [1.807, 2.05) is 39.8 Å². The first-order valence-corrected chi connectivity index (χ1v) is 9.84. The summed E-state index contributed by atoms with van der Waals surface area (Å²) in [6.45, 7) is 7.62. The van der Waals surface area contributed by atoms with Crippen LogP contribution in [0.5, 0.6) is 0 Å². The SMILES string of the molecule is Cc1ccc([C@@H]2C(=O)[C@@H](O)[C@H](c3ccc(C)c(C)c3)S2(=O)=O)cc1C. The fourth-order valence-corrected chi connectivity index (χ4v) is 5.69. The Morgan fingerprint density at radius 3 is 1.80 bits per heavy atom. The van der Waals surface area contributed by atoms with Crippen LogP contribution in [0, 0.1) is 27.7 Å². The molecule has 2 aromatic rings. The normalized spacial score (nSPS) is 25.3. The van der Waals surface area contributed by atoms with Crippen molar-refractivity contribution in [2.45, 2.75) is 44.3 Å². The quantitative estimate of drug-likeness (QED) is 0.896. The van der Waals surface area contributed by atoms with Gasteiger partial charge in [0.25, 0.3) is 0 Å². The lowest BCUT2D eigenvalue weighted by Crippen LogP contribution is -2.21. The first-order chi connectivity index (χ1) is 11.6. The Morgan fingerprint density at radius 2 is 1.28 bits per heavy atom. The van der Waals surface area contributed by atoms with Gasteiger partial charge in [-0.3, -0.25) is 4.79 Å².